The standard InChI is InChI=1S/C14H15NO5S/c1-10(9-12-3-2-8-20-12)15-21(18,19)13-6-4-11(5-7-13)14(16)17/h2-8,10,15H,9H2,1H3,(H,16,17)/t10-/m1/s1. The van der Waals surface area contributed by atoms with Crippen LogP contribution in [0, 0.1) is 0 Å². The van der Waals surface area contributed by atoms with E-state index in [9.17, 15) is 13.2 Å². The highest BCUT2D eigenvalue weighted by Gasteiger charge is 2.18. The summed E-state index contributed by atoms with van der Waals surface area (Å²) in [6, 6.07) is 8.22. The molecule has 21 heavy (non-hydrogen) atoms. The lowest BCUT2D eigenvalue weighted by atomic mass is 10.2. The van der Waals surface area contributed by atoms with Crippen molar-refractivity contribution in [1.82, 2.24) is 4.72 Å². The fraction of sp³-hybridized carbons (Fsp3) is 0.214. The van der Waals surface area contributed by atoms with Crippen LogP contribution in [0.1, 0.15) is 23.0 Å². The molecule has 1 heterocycles. The van der Waals surface area contributed by atoms with Gasteiger partial charge in [-0.3, -0.25) is 0 Å². The summed E-state index contributed by atoms with van der Waals surface area (Å²) in [5.41, 5.74) is 0.0394. The second-order valence-electron chi connectivity index (χ2n) is 4.64. The summed E-state index contributed by atoms with van der Waals surface area (Å²) < 4.78 is 32.0. The highest BCUT2D eigenvalue weighted by molar-refractivity contribution is 7.89. The topological polar surface area (TPSA) is 96.6 Å². The Morgan fingerprint density at radius 1 is 1.29 bits per heavy atom. The molecule has 0 radical (unpaired) electrons. The zero-order valence-electron chi connectivity index (χ0n) is 11.3. The first-order valence-corrected chi connectivity index (χ1v) is 7.75. The van der Waals surface area contributed by atoms with E-state index in [4.69, 9.17) is 9.52 Å². The molecule has 0 spiro atoms. The predicted octanol–water partition coefficient (Wildman–Crippen LogP) is 1.89. The summed E-state index contributed by atoms with van der Waals surface area (Å²) in [6.07, 6.45) is 1.96. The molecule has 7 heteroatoms. The Bertz CT molecular complexity index is 704. The highest BCUT2D eigenvalue weighted by atomic mass is 32.2. The number of rotatable bonds is 6. The van der Waals surface area contributed by atoms with E-state index in [1.54, 1.807) is 19.1 Å². The van der Waals surface area contributed by atoms with E-state index < -0.39 is 16.0 Å². The van der Waals surface area contributed by atoms with Crippen molar-refractivity contribution >= 4 is 16.0 Å². The van der Waals surface area contributed by atoms with E-state index in [2.05, 4.69) is 4.72 Å². The van der Waals surface area contributed by atoms with Crippen LogP contribution in [0.4, 0.5) is 0 Å². The van der Waals surface area contributed by atoms with Crippen molar-refractivity contribution in [2.75, 3.05) is 0 Å². The van der Waals surface area contributed by atoms with Gasteiger partial charge in [-0.2, -0.15) is 0 Å². The Hall–Kier alpha value is -2.12. The van der Waals surface area contributed by atoms with Gasteiger partial charge in [0.05, 0.1) is 16.7 Å². The van der Waals surface area contributed by atoms with Crippen molar-refractivity contribution in [2.24, 2.45) is 0 Å². The van der Waals surface area contributed by atoms with Crippen LogP contribution in [0.15, 0.2) is 52.0 Å². The zero-order chi connectivity index (χ0) is 15.5. The van der Waals surface area contributed by atoms with Gasteiger partial charge < -0.3 is 9.52 Å². The second-order valence-corrected chi connectivity index (χ2v) is 6.35. The van der Waals surface area contributed by atoms with Gasteiger partial charge in [0.1, 0.15) is 5.76 Å². The van der Waals surface area contributed by atoms with Crippen molar-refractivity contribution in [3.8, 4) is 0 Å². The minimum atomic E-state index is -3.69. The van der Waals surface area contributed by atoms with Crippen LogP contribution < -0.4 is 4.72 Å². The molecule has 2 rings (SSSR count). The number of benzene rings is 1. The number of aromatic carboxylic acids is 1. The smallest absolute Gasteiger partial charge is 0.335 e. The maximum Gasteiger partial charge on any atom is 0.335 e. The summed E-state index contributed by atoms with van der Waals surface area (Å²) in [7, 11) is -3.69. The fourth-order valence-electron chi connectivity index (χ4n) is 1.88. The Morgan fingerprint density at radius 3 is 2.48 bits per heavy atom. The maximum absolute atomic E-state index is 12.2. The van der Waals surface area contributed by atoms with E-state index in [1.807, 2.05) is 0 Å². The number of hydrogen-bond acceptors (Lipinski definition) is 4. The number of nitrogens with one attached hydrogen (secondary N) is 1. The fourth-order valence-corrected chi connectivity index (χ4v) is 3.13. The van der Waals surface area contributed by atoms with Crippen molar-refractivity contribution in [3.05, 3.63) is 54.0 Å². The summed E-state index contributed by atoms with van der Waals surface area (Å²) in [5.74, 6) is -0.412. The molecule has 6 nitrogen and oxygen atoms in total. The number of sulfonamides is 1. The third kappa shape index (κ3) is 3.93. The molecule has 0 aliphatic carbocycles. The quantitative estimate of drug-likeness (QED) is 0.849. The SMILES string of the molecule is C[C@H](Cc1ccco1)NS(=O)(=O)c1ccc(C(=O)O)cc1. The lowest BCUT2D eigenvalue weighted by Gasteiger charge is -2.13. The molecule has 1 aromatic carbocycles. The van der Waals surface area contributed by atoms with Gasteiger partial charge in [-0.05, 0) is 43.3 Å². The molecule has 2 aromatic rings. The second kappa shape index (κ2) is 6.11. The van der Waals surface area contributed by atoms with Gasteiger partial charge in [-0.25, -0.2) is 17.9 Å². The third-order valence-electron chi connectivity index (χ3n) is 2.86. The molecule has 0 fully saturated rings. The summed E-state index contributed by atoms with van der Waals surface area (Å²) in [4.78, 5) is 10.8. The van der Waals surface area contributed by atoms with Crippen LogP contribution in [0.25, 0.3) is 0 Å². The van der Waals surface area contributed by atoms with Gasteiger partial charge in [0.15, 0.2) is 0 Å². The van der Waals surface area contributed by atoms with Crippen LogP contribution in [0.3, 0.4) is 0 Å². The highest BCUT2D eigenvalue weighted by Crippen LogP contribution is 2.12. The molecule has 2 N–H and O–H groups in total. The van der Waals surface area contributed by atoms with Gasteiger partial charge in [-0.15, -0.1) is 0 Å². The van der Waals surface area contributed by atoms with Crippen LogP contribution in [-0.2, 0) is 16.4 Å². The van der Waals surface area contributed by atoms with Gasteiger partial charge in [0, 0.05) is 12.5 Å². The van der Waals surface area contributed by atoms with Crippen LogP contribution in [0.2, 0.25) is 0 Å². The monoisotopic (exact) mass is 309 g/mol. The largest absolute Gasteiger partial charge is 0.478 e. The lowest BCUT2D eigenvalue weighted by Crippen LogP contribution is -2.34. The van der Waals surface area contributed by atoms with Crippen molar-refractivity contribution in [2.45, 2.75) is 24.3 Å². The molecular weight excluding hydrogens is 294 g/mol. The Kier molecular flexibility index (Phi) is 4.44. The summed E-state index contributed by atoms with van der Waals surface area (Å²) >= 11 is 0. The molecule has 0 amide bonds. The van der Waals surface area contributed by atoms with Crippen LogP contribution >= 0.6 is 0 Å². The molecule has 1 atom stereocenters. The van der Waals surface area contributed by atoms with Crippen molar-refractivity contribution in [3.63, 3.8) is 0 Å². The predicted molar refractivity (Wildman–Crippen MR) is 75.6 cm³/mol. The molecule has 0 saturated heterocycles. The minimum Gasteiger partial charge on any atom is -0.478 e. The van der Waals surface area contributed by atoms with E-state index in [1.165, 1.54) is 30.5 Å². The van der Waals surface area contributed by atoms with E-state index in [0.29, 0.717) is 12.2 Å². The van der Waals surface area contributed by atoms with Gasteiger partial charge >= 0.3 is 5.97 Å². The number of furan rings is 1. The van der Waals surface area contributed by atoms with Gasteiger partial charge in [-0.1, -0.05) is 0 Å². The Morgan fingerprint density at radius 2 is 1.95 bits per heavy atom. The van der Waals surface area contributed by atoms with Crippen LogP contribution in [0.5, 0.6) is 0 Å². The normalized spacial score (nSPS) is 13.0. The van der Waals surface area contributed by atoms with Gasteiger partial charge in [0.2, 0.25) is 10.0 Å². The van der Waals surface area contributed by atoms with E-state index in [-0.39, 0.29) is 16.5 Å². The maximum atomic E-state index is 12.2. The molecule has 1 aromatic heterocycles. The average Bonchev–Trinajstić information content (AvgIpc) is 2.90. The number of carbonyl (C=O) groups is 1. The zero-order valence-corrected chi connectivity index (χ0v) is 12.1. The molecule has 112 valence electrons. The number of carboxylic acid groups (broad SMARTS) is 1. The van der Waals surface area contributed by atoms with E-state index >= 15 is 0 Å². The first kappa shape index (κ1) is 15.3. The molecule has 0 unspecified atom stereocenters. The van der Waals surface area contributed by atoms with Gasteiger partial charge in [0.25, 0.3) is 0 Å². The minimum absolute atomic E-state index is 0.0267. The first-order chi connectivity index (χ1) is 9.88. The lowest BCUT2D eigenvalue weighted by molar-refractivity contribution is 0.0696. The van der Waals surface area contributed by atoms with E-state index in [0.717, 1.165) is 0 Å². The first-order valence-electron chi connectivity index (χ1n) is 6.26. The molecule has 0 aliphatic rings. The van der Waals surface area contributed by atoms with Crippen LogP contribution in [-0.4, -0.2) is 25.5 Å². The Balaban J connectivity index is 2.08. The summed E-state index contributed by atoms with van der Waals surface area (Å²) in [5, 5.41) is 8.79. The third-order valence-corrected chi connectivity index (χ3v) is 4.46. The molecule has 0 bridgehead atoms. The Labute approximate surface area is 122 Å². The molecule has 0 aliphatic heterocycles. The summed E-state index contributed by atoms with van der Waals surface area (Å²) in [6.45, 7) is 1.73. The van der Waals surface area contributed by atoms with Crippen molar-refractivity contribution < 1.29 is 22.7 Å². The number of hydrogen-bond donors (Lipinski definition) is 2. The molecule has 0 saturated carbocycles. The van der Waals surface area contributed by atoms with Crippen molar-refractivity contribution in [1.29, 1.82) is 0 Å². The number of carboxylic acids is 1. The average molecular weight is 309 g/mol. The molecular formula is C14H15NO5S.